The molecule has 3 heterocycles. The van der Waals surface area contributed by atoms with E-state index in [0.29, 0.717) is 17.8 Å². The van der Waals surface area contributed by atoms with Crippen molar-refractivity contribution < 1.29 is 9.13 Å². The molecule has 1 unspecified atom stereocenters. The van der Waals surface area contributed by atoms with Gasteiger partial charge in [-0.05, 0) is 37.6 Å². The summed E-state index contributed by atoms with van der Waals surface area (Å²) in [6.45, 7) is 1.54. The Hall–Kier alpha value is -2.67. The second kappa shape index (κ2) is 6.92. The van der Waals surface area contributed by atoms with E-state index in [0.717, 1.165) is 42.8 Å². The molecule has 1 aliphatic rings. The van der Waals surface area contributed by atoms with E-state index in [2.05, 4.69) is 19.9 Å². The number of imidazole rings is 1. The zero-order chi connectivity index (χ0) is 18.1. The van der Waals surface area contributed by atoms with E-state index >= 15 is 0 Å². The van der Waals surface area contributed by atoms with Crippen molar-refractivity contribution in [2.45, 2.75) is 31.8 Å². The fourth-order valence-corrected chi connectivity index (χ4v) is 3.62. The van der Waals surface area contributed by atoms with Crippen molar-refractivity contribution in [3.8, 4) is 5.75 Å². The zero-order valence-corrected chi connectivity index (χ0v) is 14.6. The SMILES string of the molecule is COc1c[nH]c(CN2CCCCC2c2nc3ccc(F)cc3[nH]2)cc1=O. The number of fused-ring (bicyclic) bond motifs is 1. The van der Waals surface area contributed by atoms with Gasteiger partial charge in [-0.15, -0.1) is 0 Å². The molecule has 1 fully saturated rings. The van der Waals surface area contributed by atoms with E-state index in [1.807, 2.05) is 0 Å². The number of nitrogens with one attached hydrogen (secondary N) is 2. The van der Waals surface area contributed by atoms with Gasteiger partial charge in [0.15, 0.2) is 5.75 Å². The van der Waals surface area contributed by atoms with Gasteiger partial charge >= 0.3 is 0 Å². The highest BCUT2D eigenvalue weighted by Crippen LogP contribution is 2.31. The van der Waals surface area contributed by atoms with Crippen LogP contribution < -0.4 is 10.2 Å². The molecule has 2 aromatic heterocycles. The highest BCUT2D eigenvalue weighted by Gasteiger charge is 2.27. The predicted molar refractivity (Wildman–Crippen MR) is 96.7 cm³/mol. The summed E-state index contributed by atoms with van der Waals surface area (Å²) in [6, 6.07) is 6.29. The molecular weight excluding hydrogens is 335 g/mol. The number of halogens is 1. The Morgan fingerprint density at radius 2 is 2.23 bits per heavy atom. The minimum absolute atomic E-state index is 0.116. The normalized spacial score (nSPS) is 18.3. The van der Waals surface area contributed by atoms with Crippen LogP contribution in [0, 0.1) is 5.82 Å². The fraction of sp³-hybridized carbons (Fsp3) is 0.368. The molecule has 136 valence electrons. The van der Waals surface area contributed by atoms with Gasteiger partial charge in [-0.1, -0.05) is 6.42 Å². The molecule has 0 bridgehead atoms. The Labute approximate surface area is 150 Å². The van der Waals surface area contributed by atoms with Crippen molar-refractivity contribution in [2.75, 3.05) is 13.7 Å². The highest BCUT2D eigenvalue weighted by atomic mass is 19.1. The third-order valence-electron chi connectivity index (χ3n) is 4.92. The molecular formula is C19H21FN4O2. The van der Waals surface area contributed by atoms with Gasteiger partial charge in [-0.2, -0.15) is 0 Å². The maximum atomic E-state index is 13.4. The molecule has 0 radical (unpaired) electrons. The Bertz CT molecular complexity index is 981. The minimum atomic E-state index is -0.274. The predicted octanol–water partition coefficient (Wildman–Crippen LogP) is 3.13. The van der Waals surface area contributed by atoms with E-state index in [4.69, 9.17) is 4.74 Å². The van der Waals surface area contributed by atoms with Crippen LogP contribution in [0.4, 0.5) is 4.39 Å². The number of rotatable bonds is 4. The van der Waals surface area contributed by atoms with Crippen molar-refractivity contribution in [3.05, 3.63) is 58.0 Å². The van der Waals surface area contributed by atoms with Crippen LogP contribution in [0.5, 0.6) is 5.75 Å². The van der Waals surface area contributed by atoms with Crippen LogP contribution in [-0.4, -0.2) is 33.5 Å². The van der Waals surface area contributed by atoms with Crippen LogP contribution >= 0.6 is 0 Å². The molecule has 0 aliphatic carbocycles. The molecule has 26 heavy (non-hydrogen) atoms. The van der Waals surface area contributed by atoms with E-state index in [-0.39, 0.29) is 17.3 Å². The number of hydrogen-bond acceptors (Lipinski definition) is 4. The lowest BCUT2D eigenvalue weighted by atomic mass is 10.0. The summed E-state index contributed by atoms with van der Waals surface area (Å²) in [4.78, 5) is 25.4. The second-order valence-electron chi connectivity index (χ2n) is 6.66. The summed E-state index contributed by atoms with van der Waals surface area (Å²) in [7, 11) is 1.48. The Balaban J connectivity index is 1.61. The van der Waals surface area contributed by atoms with Gasteiger partial charge < -0.3 is 14.7 Å². The van der Waals surface area contributed by atoms with E-state index < -0.39 is 0 Å². The molecule has 3 aromatic rings. The van der Waals surface area contributed by atoms with Crippen molar-refractivity contribution in [2.24, 2.45) is 0 Å². The molecule has 1 aliphatic heterocycles. The van der Waals surface area contributed by atoms with E-state index in [1.54, 1.807) is 18.3 Å². The van der Waals surface area contributed by atoms with Gasteiger partial charge in [0.25, 0.3) is 0 Å². The van der Waals surface area contributed by atoms with Crippen LogP contribution in [0.3, 0.4) is 0 Å². The first kappa shape index (κ1) is 16.8. The lowest BCUT2D eigenvalue weighted by molar-refractivity contribution is 0.133. The number of piperidine rings is 1. The second-order valence-corrected chi connectivity index (χ2v) is 6.66. The van der Waals surface area contributed by atoms with E-state index in [9.17, 15) is 9.18 Å². The zero-order valence-electron chi connectivity index (χ0n) is 14.6. The summed E-state index contributed by atoms with van der Waals surface area (Å²) in [5, 5.41) is 0. The number of H-pyrrole nitrogens is 2. The molecule has 4 rings (SSSR count). The molecule has 1 saturated heterocycles. The number of benzene rings is 1. The number of likely N-dealkylation sites (tertiary alicyclic amines) is 1. The summed E-state index contributed by atoms with van der Waals surface area (Å²) in [5.74, 6) is 0.883. The van der Waals surface area contributed by atoms with Crippen LogP contribution in [0.2, 0.25) is 0 Å². The number of methoxy groups -OCH3 is 1. The monoisotopic (exact) mass is 356 g/mol. The Morgan fingerprint density at radius 3 is 3.04 bits per heavy atom. The van der Waals surface area contributed by atoms with Gasteiger partial charge in [0.2, 0.25) is 5.43 Å². The van der Waals surface area contributed by atoms with Gasteiger partial charge in [-0.3, -0.25) is 9.69 Å². The van der Waals surface area contributed by atoms with Crippen molar-refractivity contribution in [1.29, 1.82) is 0 Å². The van der Waals surface area contributed by atoms with Crippen LogP contribution in [0.15, 0.2) is 35.3 Å². The highest BCUT2D eigenvalue weighted by molar-refractivity contribution is 5.75. The molecule has 7 heteroatoms. The Kier molecular flexibility index (Phi) is 4.46. The van der Waals surface area contributed by atoms with Crippen molar-refractivity contribution in [3.63, 3.8) is 0 Å². The first-order valence-corrected chi connectivity index (χ1v) is 8.79. The number of nitrogens with zero attached hydrogens (tertiary/aromatic N) is 2. The Morgan fingerprint density at radius 1 is 1.35 bits per heavy atom. The molecule has 0 amide bonds. The molecule has 2 N–H and O–H groups in total. The van der Waals surface area contributed by atoms with Gasteiger partial charge in [0.1, 0.15) is 11.6 Å². The minimum Gasteiger partial charge on any atom is -0.491 e. The van der Waals surface area contributed by atoms with Crippen molar-refractivity contribution >= 4 is 11.0 Å². The quantitative estimate of drug-likeness (QED) is 0.753. The third kappa shape index (κ3) is 3.22. The van der Waals surface area contributed by atoms with Gasteiger partial charge in [0, 0.05) is 24.5 Å². The number of aromatic amines is 2. The molecule has 1 atom stereocenters. The first-order valence-electron chi connectivity index (χ1n) is 8.79. The summed E-state index contributed by atoms with van der Waals surface area (Å²) >= 11 is 0. The average Bonchev–Trinajstić information content (AvgIpc) is 3.05. The number of pyridine rings is 1. The lowest BCUT2D eigenvalue weighted by Crippen LogP contribution is -2.34. The number of ether oxygens (including phenoxy) is 1. The van der Waals surface area contributed by atoms with Crippen LogP contribution in [-0.2, 0) is 6.54 Å². The smallest absolute Gasteiger partial charge is 0.223 e. The van der Waals surface area contributed by atoms with Gasteiger partial charge in [0.05, 0.1) is 24.2 Å². The average molecular weight is 356 g/mol. The maximum absolute atomic E-state index is 13.4. The summed E-state index contributed by atoms with van der Waals surface area (Å²) in [5.41, 5.74) is 2.19. The van der Waals surface area contributed by atoms with Crippen LogP contribution in [0.1, 0.15) is 36.8 Å². The topological polar surface area (TPSA) is 74.0 Å². The standard InChI is InChI=1S/C19H21FN4O2/c1-26-18-10-21-13(9-17(18)25)11-24-7-3-2-4-16(24)19-22-14-6-5-12(20)8-15(14)23-19/h5-6,8-10,16H,2-4,7,11H2,1H3,(H,21,25)(H,22,23). The first-order chi connectivity index (χ1) is 12.6. The summed E-state index contributed by atoms with van der Waals surface area (Å²) < 4.78 is 18.5. The maximum Gasteiger partial charge on any atom is 0.223 e. The number of aromatic nitrogens is 3. The number of hydrogen-bond donors (Lipinski definition) is 2. The molecule has 1 aromatic carbocycles. The summed E-state index contributed by atoms with van der Waals surface area (Å²) in [6.07, 6.45) is 4.79. The van der Waals surface area contributed by atoms with E-state index in [1.165, 1.54) is 19.2 Å². The molecule has 6 nitrogen and oxygen atoms in total. The van der Waals surface area contributed by atoms with Crippen molar-refractivity contribution in [1.82, 2.24) is 19.9 Å². The largest absolute Gasteiger partial charge is 0.491 e. The van der Waals surface area contributed by atoms with Crippen LogP contribution in [0.25, 0.3) is 11.0 Å². The molecule has 0 spiro atoms. The lowest BCUT2D eigenvalue weighted by Gasteiger charge is -2.34. The third-order valence-corrected chi connectivity index (χ3v) is 4.92. The molecule has 0 saturated carbocycles. The van der Waals surface area contributed by atoms with Gasteiger partial charge in [-0.25, -0.2) is 9.37 Å². The fourth-order valence-electron chi connectivity index (χ4n) is 3.62.